The van der Waals surface area contributed by atoms with Crippen molar-refractivity contribution < 1.29 is 4.79 Å². The molecule has 6 heteroatoms. The molecule has 1 saturated heterocycles. The van der Waals surface area contributed by atoms with E-state index in [4.69, 9.17) is 0 Å². The molecule has 1 N–H and O–H groups in total. The Hall–Kier alpha value is -2.34. The van der Waals surface area contributed by atoms with Gasteiger partial charge >= 0.3 is 0 Å². The lowest BCUT2D eigenvalue weighted by Crippen LogP contribution is -2.49. The molecular formula is C19H19BrN4O. The van der Waals surface area contributed by atoms with Gasteiger partial charge in [0.05, 0.1) is 6.42 Å². The van der Waals surface area contributed by atoms with E-state index in [1.54, 1.807) is 6.20 Å². The Kier molecular flexibility index (Phi) is 4.44. The van der Waals surface area contributed by atoms with Crippen molar-refractivity contribution in [2.45, 2.75) is 6.42 Å². The van der Waals surface area contributed by atoms with Crippen molar-refractivity contribution in [3.63, 3.8) is 0 Å². The third-order valence-electron chi connectivity index (χ3n) is 4.68. The van der Waals surface area contributed by atoms with Crippen LogP contribution in [-0.4, -0.2) is 47.0 Å². The largest absolute Gasteiger partial charge is 0.361 e. The molecule has 4 rings (SSSR count). The van der Waals surface area contributed by atoms with Crippen LogP contribution in [0.25, 0.3) is 10.9 Å². The summed E-state index contributed by atoms with van der Waals surface area (Å²) in [4.78, 5) is 24.5. The number of para-hydroxylation sites is 1. The summed E-state index contributed by atoms with van der Waals surface area (Å²) in [6.45, 7) is 3.08. The molecule has 2 aromatic heterocycles. The van der Waals surface area contributed by atoms with Crippen molar-refractivity contribution in [1.29, 1.82) is 0 Å². The number of rotatable bonds is 3. The van der Waals surface area contributed by atoms with E-state index >= 15 is 0 Å². The maximum Gasteiger partial charge on any atom is 0.227 e. The van der Waals surface area contributed by atoms with E-state index in [1.807, 2.05) is 41.4 Å². The Morgan fingerprint density at radius 1 is 1.16 bits per heavy atom. The minimum atomic E-state index is 0.187. The summed E-state index contributed by atoms with van der Waals surface area (Å²) in [6.07, 6.45) is 4.19. The van der Waals surface area contributed by atoms with Crippen molar-refractivity contribution in [3.05, 3.63) is 58.8 Å². The molecular weight excluding hydrogens is 380 g/mol. The molecule has 1 amide bonds. The number of piperazine rings is 1. The van der Waals surface area contributed by atoms with Crippen LogP contribution in [-0.2, 0) is 11.2 Å². The minimum absolute atomic E-state index is 0.187. The number of halogens is 1. The first kappa shape index (κ1) is 16.1. The zero-order valence-corrected chi connectivity index (χ0v) is 15.4. The highest BCUT2D eigenvalue weighted by Gasteiger charge is 2.22. The number of hydrogen-bond donors (Lipinski definition) is 1. The molecule has 3 heterocycles. The highest BCUT2D eigenvalue weighted by atomic mass is 79.9. The number of aromatic nitrogens is 2. The number of carbonyl (C=O) groups excluding carboxylic acids is 1. The van der Waals surface area contributed by atoms with Crippen LogP contribution in [0.2, 0.25) is 0 Å². The quantitative estimate of drug-likeness (QED) is 0.736. The molecule has 0 spiro atoms. The maximum absolute atomic E-state index is 12.7. The Morgan fingerprint density at radius 3 is 2.76 bits per heavy atom. The maximum atomic E-state index is 12.7. The van der Waals surface area contributed by atoms with E-state index in [1.165, 1.54) is 0 Å². The predicted molar refractivity (Wildman–Crippen MR) is 103 cm³/mol. The van der Waals surface area contributed by atoms with Crippen molar-refractivity contribution in [2.75, 3.05) is 31.1 Å². The zero-order chi connectivity index (χ0) is 17.2. The van der Waals surface area contributed by atoms with Crippen LogP contribution in [0.4, 0.5) is 5.82 Å². The number of H-pyrrole nitrogens is 1. The van der Waals surface area contributed by atoms with Gasteiger partial charge < -0.3 is 14.8 Å². The summed E-state index contributed by atoms with van der Waals surface area (Å²) in [5.41, 5.74) is 2.15. The Balaban J connectivity index is 1.40. The fraction of sp³-hybridized carbons (Fsp3) is 0.263. The number of nitrogens with zero attached hydrogens (tertiary/aromatic N) is 3. The third kappa shape index (κ3) is 3.39. The number of amides is 1. The first-order valence-corrected chi connectivity index (χ1v) is 9.19. The van der Waals surface area contributed by atoms with Crippen LogP contribution in [0.1, 0.15) is 5.56 Å². The normalized spacial score (nSPS) is 14.9. The van der Waals surface area contributed by atoms with Crippen LogP contribution in [0.3, 0.4) is 0 Å². The van der Waals surface area contributed by atoms with Gasteiger partial charge in [-0.3, -0.25) is 4.79 Å². The van der Waals surface area contributed by atoms with Crippen LogP contribution < -0.4 is 4.90 Å². The van der Waals surface area contributed by atoms with Crippen LogP contribution in [0.5, 0.6) is 0 Å². The monoisotopic (exact) mass is 398 g/mol. The molecule has 3 aromatic rings. The lowest BCUT2D eigenvalue weighted by Gasteiger charge is -2.35. The molecule has 0 atom stereocenters. The average Bonchev–Trinajstić information content (AvgIpc) is 3.05. The van der Waals surface area contributed by atoms with Gasteiger partial charge in [0.1, 0.15) is 5.82 Å². The molecule has 0 radical (unpaired) electrons. The Labute approximate surface area is 154 Å². The topological polar surface area (TPSA) is 52.2 Å². The highest BCUT2D eigenvalue weighted by molar-refractivity contribution is 9.10. The SMILES string of the molecule is O=C(Cc1c[nH]c2ccccc12)N1CCN(c2cc(Br)ccn2)CC1. The lowest BCUT2D eigenvalue weighted by molar-refractivity contribution is -0.130. The fourth-order valence-corrected chi connectivity index (χ4v) is 3.63. The van der Waals surface area contributed by atoms with Gasteiger partial charge in [0.15, 0.2) is 0 Å². The molecule has 1 aliphatic heterocycles. The number of aromatic amines is 1. The van der Waals surface area contributed by atoms with Gasteiger partial charge in [-0.1, -0.05) is 34.1 Å². The number of nitrogens with one attached hydrogen (secondary N) is 1. The van der Waals surface area contributed by atoms with E-state index in [2.05, 4.69) is 36.9 Å². The summed E-state index contributed by atoms with van der Waals surface area (Å²) >= 11 is 3.48. The molecule has 5 nitrogen and oxygen atoms in total. The van der Waals surface area contributed by atoms with Crippen molar-refractivity contribution in [3.8, 4) is 0 Å². The van der Waals surface area contributed by atoms with E-state index in [0.717, 1.165) is 52.9 Å². The van der Waals surface area contributed by atoms with E-state index in [0.29, 0.717) is 6.42 Å². The van der Waals surface area contributed by atoms with Crippen LogP contribution in [0.15, 0.2) is 53.3 Å². The summed E-state index contributed by atoms with van der Waals surface area (Å²) in [6, 6.07) is 12.0. The van der Waals surface area contributed by atoms with Crippen LogP contribution >= 0.6 is 15.9 Å². The molecule has 25 heavy (non-hydrogen) atoms. The van der Waals surface area contributed by atoms with Gasteiger partial charge in [-0.25, -0.2) is 4.98 Å². The van der Waals surface area contributed by atoms with Crippen LogP contribution in [0, 0.1) is 0 Å². The van der Waals surface area contributed by atoms with E-state index < -0.39 is 0 Å². The van der Waals surface area contributed by atoms with E-state index in [9.17, 15) is 4.79 Å². The second-order valence-corrected chi connectivity index (χ2v) is 7.15. The predicted octanol–water partition coefficient (Wildman–Crippen LogP) is 3.22. The molecule has 0 unspecified atom stereocenters. The molecule has 128 valence electrons. The summed E-state index contributed by atoms with van der Waals surface area (Å²) in [5.74, 6) is 1.14. The first-order chi connectivity index (χ1) is 12.2. The third-order valence-corrected chi connectivity index (χ3v) is 5.17. The van der Waals surface area contributed by atoms with Crippen molar-refractivity contribution >= 4 is 38.6 Å². The van der Waals surface area contributed by atoms with Crippen molar-refractivity contribution in [1.82, 2.24) is 14.9 Å². The summed E-state index contributed by atoms with van der Waals surface area (Å²) in [5, 5.41) is 1.13. The smallest absolute Gasteiger partial charge is 0.227 e. The summed E-state index contributed by atoms with van der Waals surface area (Å²) < 4.78 is 1.02. The number of benzene rings is 1. The number of hydrogen-bond acceptors (Lipinski definition) is 3. The van der Waals surface area contributed by atoms with Crippen molar-refractivity contribution in [2.24, 2.45) is 0 Å². The van der Waals surface area contributed by atoms with Gasteiger partial charge in [-0.2, -0.15) is 0 Å². The van der Waals surface area contributed by atoms with Gasteiger partial charge in [-0.05, 0) is 23.8 Å². The molecule has 1 aliphatic rings. The van der Waals surface area contributed by atoms with E-state index in [-0.39, 0.29) is 5.91 Å². The first-order valence-electron chi connectivity index (χ1n) is 8.40. The zero-order valence-electron chi connectivity index (χ0n) is 13.8. The standard InChI is InChI=1S/C19H19BrN4O/c20-15-5-6-21-18(12-15)23-7-9-24(10-8-23)19(25)11-14-13-22-17-4-2-1-3-16(14)17/h1-6,12-13,22H,7-11H2. The molecule has 1 fully saturated rings. The molecule has 0 saturated carbocycles. The van der Waals surface area contributed by atoms with Gasteiger partial charge in [0.2, 0.25) is 5.91 Å². The van der Waals surface area contributed by atoms with Gasteiger partial charge in [0.25, 0.3) is 0 Å². The summed E-state index contributed by atoms with van der Waals surface area (Å²) in [7, 11) is 0. The second kappa shape index (κ2) is 6.88. The second-order valence-electron chi connectivity index (χ2n) is 6.24. The molecule has 0 bridgehead atoms. The van der Waals surface area contributed by atoms with Gasteiger partial charge in [-0.15, -0.1) is 0 Å². The average molecular weight is 399 g/mol. The Bertz CT molecular complexity index is 899. The van der Waals surface area contributed by atoms with Gasteiger partial charge in [0, 0.05) is 53.9 Å². The highest BCUT2D eigenvalue weighted by Crippen LogP contribution is 2.21. The fourth-order valence-electron chi connectivity index (χ4n) is 3.30. The molecule has 0 aliphatic carbocycles. The molecule has 1 aromatic carbocycles. The minimum Gasteiger partial charge on any atom is -0.361 e. The number of carbonyl (C=O) groups is 1. The number of fused-ring (bicyclic) bond motifs is 1. The Morgan fingerprint density at radius 2 is 1.96 bits per heavy atom. The lowest BCUT2D eigenvalue weighted by atomic mass is 10.1. The number of pyridine rings is 1. The number of anilines is 1.